The first-order valence-electron chi connectivity index (χ1n) is 10.5. The standard InChI is InChI=1S/C21H21Cl2FN6O2/c22-16-17(23)30-18(26-16)15(27-28-20(30)32)10-12-1-2-14(24)13(9-12)19(31)29-7-4-21(5-8-29)3-6-25-11-21/h1-2,9,25H,3-8,10-11H2,(H,28,32). The van der Waals surface area contributed by atoms with Crippen molar-refractivity contribution in [2.24, 2.45) is 5.41 Å². The number of amides is 1. The molecule has 0 bridgehead atoms. The lowest BCUT2D eigenvalue weighted by molar-refractivity contribution is 0.0603. The number of nitrogens with zero attached hydrogens (tertiary/aromatic N) is 4. The van der Waals surface area contributed by atoms with Gasteiger partial charge >= 0.3 is 5.69 Å². The van der Waals surface area contributed by atoms with E-state index in [0.717, 1.165) is 36.8 Å². The van der Waals surface area contributed by atoms with E-state index >= 15 is 0 Å². The number of rotatable bonds is 3. The number of benzene rings is 1. The second-order valence-corrected chi connectivity index (χ2v) is 9.25. The van der Waals surface area contributed by atoms with Crippen LogP contribution in [-0.2, 0) is 6.42 Å². The summed E-state index contributed by atoms with van der Waals surface area (Å²) in [5.41, 5.74) is 1.00. The van der Waals surface area contributed by atoms with Crippen LogP contribution in [0.5, 0.6) is 0 Å². The Morgan fingerprint density at radius 1 is 1.22 bits per heavy atom. The molecule has 168 valence electrons. The highest BCUT2D eigenvalue weighted by molar-refractivity contribution is 6.40. The molecule has 2 fully saturated rings. The van der Waals surface area contributed by atoms with Crippen molar-refractivity contribution in [1.29, 1.82) is 0 Å². The van der Waals surface area contributed by atoms with Crippen molar-refractivity contribution in [3.63, 3.8) is 0 Å². The van der Waals surface area contributed by atoms with Crippen LogP contribution in [0, 0.1) is 11.2 Å². The molecule has 1 aromatic carbocycles. The van der Waals surface area contributed by atoms with Crippen LogP contribution in [0.25, 0.3) is 5.65 Å². The Hall–Kier alpha value is -2.49. The third-order valence-electron chi connectivity index (χ3n) is 6.61. The Bertz CT molecular complexity index is 1260. The van der Waals surface area contributed by atoms with Gasteiger partial charge in [0.05, 0.1) is 5.56 Å². The van der Waals surface area contributed by atoms with Crippen molar-refractivity contribution < 1.29 is 9.18 Å². The van der Waals surface area contributed by atoms with E-state index in [1.165, 1.54) is 12.1 Å². The molecule has 0 unspecified atom stereocenters. The average Bonchev–Trinajstić information content (AvgIpc) is 3.36. The quantitative estimate of drug-likeness (QED) is 0.603. The maximum absolute atomic E-state index is 14.6. The molecule has 2 aromatic heterocycles. The number of fused-ring (bicyclic) bond motifs is 1. The van der Waals surface area contributed by atoms with Crippen LogP contribution in [-0.4, -0.2) is 56.6 Å². The Morgan fingerprint density at radius 3 is 2.72 bits per heavy atom. The van der Waals surface area contributed by atoms with E-state index in [4.69, 9.17) is 23.2 Å². The third kappa shape index (κ3) is 3.68. The van der Waals surface area contributed by atoms with E-state index in [1.54, 1.807) is 11.0 Å². The van der Waals surface area contributed by atoms with Crippen molar-refractivity contribution in [3.8, 4) is 0 Å². The molecule has 32 heavy (non-hydrogen) atoms. The lowest BCUT2D eigenvalue weighted by Crippen LogP contribution is -2.44. The number of nitrogens with one attached hydrogen (secondary N) is 2. The first kappa shape index (κ1) is 21.4. The van der Waals surface area contributed by atoms with Gasteiger partial charge in [-0.2, -0.15) is 5.10 Å². The van der Waals surface area contributed by atoms with Gasteiger partial charge in [0.25, 0.3) is 5.91 Å². The molecule has 0 atom stereocenters. The number of piperidine rings is 1. The number of hydrogen-bond donors (Lipinski definition) is 2. The summed E-state index contributed by atoms with van der Waals surface area (Å²) in [5.74, 6) is -0.871. The number of imidazole rings is 1. The SMILES string of the molecule is O=C(c1cc(Cc2n[nH]c(=O)n3c(Cl)c(Cl)nc23)ccc1F)N1CCC2(CCNC2)CC1. The fourth-order valence-electron chi connectivity index (χ4n) is 4.70. The van der Waals surface area contributed by atoms with Crippen LogP contribution in [0.4, 0.5) is 4.39 Å². The van der Waals surface area contributed by atoms with E-state index in [0.29, 0.717) is 24.3 Å². The summed E-state index contributed by atoms with van der Waals surface area (Å²) in [6.45, 7) is 3.25. The van der Waals surface area contributed by atoms with Gasteiger partial charge in [-0.15, -0.1) is 0 Å². The summed E-state index contributed by atoms with van der Waals surface area (Å²) in [7, 11) is 0. The molecule has 2 aliphatic rings. The minimum Gasteiger partial charge on any atom is -0.339 e. The van der Waals surface area contributed by atoms with Crippen molar-refractivity contribution >= 4 is 34.8 Å². The highest BCUT2D eigenvalue weighted by Gasteiger charge is 2.38. The number of H-pyrrole nitrogens is 1. The Kier molecular flexibility index (Phi) is 5.43. The zero-order valence-corrected chi connectivity index (χ0v) is 18.6. The maximum Gasteiger partial charge on any atom is 0.348 e. The predicted molar refractivity (Wildman–Crippen MR) is 118 cm³/mol. The number of aromatic nitrogens is 4. The fraction of sp³-hybridized carbons (Fsp3) is 0.429. The van der Waals surface area contributed by atoms with Crippen LogP contribution < -0.4 is 11.0 Å². The number of likely N-dealkylation sites (tertiary alicyclic amines) is 1. The van der Waals surface area contributed by atoms with Gasteiger partial charge < -0.3 is 10.2 Å². The number of carbonyl (C=O) groups is 1. The molecule has 2 saturated heterocycles. The summed E-state index contributed by atoms with van der Waals surface area (Å²) in [6, 6.07) is 4.40. The van der Waals surface area contributed by atoms with Crippen LogP contribution >= 0.6 is 23.2 Å². The van der Waals surface area contributed by atoms with Crippen LogP contribution in [0.15, 0.2) is 23.0 Å². The molecular formula is C21H21Cl2FN6O2. The molecule has 0 radical (unpaired) electrons. The van der Waals surface area contributed by atoms with E-state index in [9.17, 15) is 14.0 Å². The molecule has 1 amide bonds. The average molecular weight is 479 g/mol. The molecule has 8 nitrogen and oxygen atoms in total. The number of halogens is 3. The molecule has 11 heteroatoms. The van der Waals surface area contributed by atoms with E-state index in [2.05, 4.69) is 20.5 Å². The van der Waals surface area contributed by atoms with Gasteiger partial charge in [-0.25, -0.2) is 23.7 Å². The highest BCUT2D eigenvalue weighted by Crippen LogP contribution is 2.37. The minimum atomic E-state index is -0.566. The van der Waals surface area contributed by atoms with Crippen molar-refractivity contribution in [1.82, 2.24) is 29.8 Å². The molecule has 1 spiro atoms. The van der Waals surface area contributed by atoms with Gasteiger partial charge in [0.1, 0.15) is 11.5 Å². The highest BCUT2D eigenvalue weighted by atomic mass is 35.5. The van der Waals surface area contributed by atoms with Gasteiger partial charge in [0.15, 0.2) is 16.0 Å². The zero-order chi connectivity index (χ0) is 22.5. The third-order valence-corrected chi connectivity index (χ3v) is 7.31. The molecule has 5 rings (SSSR count). The van der Waals surface area contributed by atoms with E-state index < -0.39 is 11.5 Å². The van der Waals surface area contributed by atoms with E-state index in [1.807, 2.05) is 0 Å². The Morgan fingerprint density at radius 2 is 2.00 bits per heavy atom. The first-order chi connectivity index (χ1) is 15.4. The largest absolute Gasteiger partial charge is 0.348 e. The van der Waals surface area contributed by atoms with Crippen molar-refractivity contribution in [2.75, 3.05) is 26.2 Å². The first-order valence-corrected chi connectivity index (χ1v) is 11.2. The van der Waals surface area contributed by atoms with Gasteiger partial charge in [-0.3, -0.25) is 4.79 Å². The van der Waals surface area contributed by atoms with Gasteiger partial charge in [-0.1, -0.05) is 29.3 Å². The summed E-state index contributed by atoms with van der Waals surface area (Å²) in [6.07, 6.45) is 3.18. The molecule has 3 aromatic rings. The molecule has 0 saturated carbocycles. The molecule has 0 aliphatic carbocycles. The smallest absolute Gasteiger partial charge is 0.339 e. The second-order valence-electron chi connectivity index (χ2n) is 8.54. The monoisotopic (exact) mass is 478 g/mol. The lowest BCUT2D eigenvalue weighted by Gasteiger charge is -2.39. The molecule has 4 heterocycles. The zero-order valence-electron chi connectivity index (χ0n) is 17.1. The fourth-order valence-corrected chi connectivity index (χ4v) is 5.07. The molecule has 2 N–H and O–H groups in total. The topological polar surface area (TPSA) is 95.4 Å². The maximum atomic E-state index is 14.6. The normalized spacial score (nSPS) is 18.0. The van der Waals surface area contributed by atoms with Gasteiger partial charge in [-0.05, 0) is 48.9 Å². The molecule has 2 aliphatic heterocycles. The summed E-state index contributed by atoms with van der Waals surface area (Å²) in [5, 5.41) is 9.79. The summed E-state index contributed by atoms with van der Waals surface area (Å²) in [4.78, 5) is 31.0. The van der Waals surface area contributed by atoms with Crippen LogP contribution in [0.3, 0.4) is 0 Å². The van der Waals surface area contributed by atoms with E-state index in [-0.39, 0.29) is 39.3 Å². The van der Waals surface area contributed by atoms with Crippen molar-refractivity contribution in [2.45, 2.75) is 25.7 Å². The van der Waals surface area contributed by atoms with Gasteiger partial charge in [0.2, 0.25) is 0 Å². The predicted octanol–water partition coefficient (Wildman–Crippen LogP) is 2.67. The molecular weight excluding hydrogens is 458 g/mol. The minimum absolute atomic E-state index is 0.0122. The Labute approximate surface area is 192 Å². The van der Waals surface area contributed by atoms with Gasteiger partial charge in [0, 0.05) is 26.1 Å². The summed E-state index contributed by atoms with van der Waals surface area (Å²) >= 11 is 12.0. The summed E-state index contributed by atoms with van der Waals surface area (Å²) < 4.78 is 15.7. The van der Waals surface area contributed by atoms with Crippen LogP contribution in [0.1, 0.15) is 40.9 Å². The number of aromatic amines is 1. The van der Waals surface area contributed by atoms with Crippen LogP contribution in [0.2, 0.25) is 10.3 Å². The van der Waals surface area contributed by atoms with Crippen molar-refractivity contribution in [3.05, 3.63) is 61.6 Å². The number of carbonyl (C=O) groups excluding carboxylic acids is 1. The number of hydrogen-bond acceptors (Lipinski definition) is 5. The second kappa shape index (κ2) is 8.13. The Balaban J connectivity index is 1.39. The lowest BCUT2D eigenvalue weighted by atomic mass is 9.78.